The van der Waals surface area contributed by atoms with Gasteiger partial charge in [-0.25, -0.2) is 8.42 Å². The molecule has 3 rings (SSSR count). The van der Waals surface area contributed by atoms with Crippen molar-refractivity contribution in [2.24, 2.45) is 0 Å². The second kappa shape index (κ2) is 7.85. The van der Waals surface area contributed by atoms with E-state index in [4.69, 9.17) is 4.74 Å². The average molecular weight is 366 g/mol. The number of carbonyl (C=O) groups is 1. The first kappa shape index (κ1) is 18.4. The number of likely N-dealkylation sites (N-methyl/N-ethyl adjacent to an activating group) is 1. The zero-order chi connectivity index (χ0) is 17.9. The van der Waals surface area contributed by atoms with Gasteiger partial charge in [-0.1, -0.05) is 30.3 Å². The smallest absolute Gasteiger partial charge is 0.223 e. The van der Waals surface area contributed by atoms with Crippen LogP contribution in [0.3, 0.4) is 0 Å². The molecule has 0 aliphatic carbocycles. The van der Waals surface area contributed by atoms with Crippen molar-refractivity contribution >= 4 is 15.7 Å². The molecule has 0 bridgehead atoms. The predicted molar refractivity (Wildman–Crippen MR) is 95.9 cm³/mol. The van der Waals surface area contributed by atoms with Crippen molar-refractivity contribution in [3.8, 4) is 0 Å². The molecule has 7 heteroatoms. The van der Waals surface area contributed by atoms with Crippen molar-refractivity contribution < 1.29 is 17.9 Å². The van der Waals surface area contributed by atoms with E-state index in [0.29, 0.717) is 32.6 Å². The number of amides is 1. The molecule has 1 aromatic rings. The molecule has 0 unspecified atom stereocenters. The van der Waals surface area contributed by atoms with Gasteiger partial charge < -0.3 is 9.64 Å². The zero-order valence-electron chi connectivity index (χ0n) is 14.6. The lowest BCUT2D eigenvalue weighted by molar-refractivity contribution is -0.136. The van der Waals surface area contributed by atoms with Crippen LogP contribution in [0, 0.1) is 0 Å². The summed E-state index contributed by atoms with van der Waals surface area (Å²) in [6.07, 6.45) is 1.06. The number of hydrogen-bond donors (Lipinski definition) is 0. The molecule has 0 N–H and O–H groups in total. The molecule has 0 radical (unpaired) electrons. The highest BCUT2D eigenvalue weighted by Gasteiger charge is 2.46. The molecule has 2 atom stereocenters. The van der Waals surface area contributed by atoms with Crippen LogP contribution in [0.25, 0.3) is 0 Å². The van der Waals surface area contributed by atoms with Crippen LogP contribution in [-0.4, -0.2) is 74.5 Å². The van der Waals surface area contributed by atoms with Crippen LogP contribution in [0.2, 0.25) is 0 Å². The molecular formula is C18H26N2O4S. The third kappa shape index (κ3) is 4.59. The van der Waals surface area contributed by atoms with Gasteiger partial charge in [0.15, 0.2) is 9.84 Å². The average Bonchev–Trinajstić information content (AvgIpc) is 2.91. The van der Waals surface area contributed by atoms with Crippen LogP contribution in [0.4, 0.5) is 0 Å². The van der Waals surface area contributed by atoms with Crippen molar-refractivity contribution in [1.82, 2.24) is 9.80 Å². The summed E-state index contributed by atoms with van der Waals surface area (Å²) in [5.41, 5.74) is 1.12. The van der Waals surface area contributed by atoms with E-state index < -0.39 is 9.84 Å². The lowest BCUT2D eigenvalue weighted by atomic mass is 10.0. The van der Waals surface area contributed by atoms with E-state index in [9.17, 15) is 13.2 Å². The van der Waals surface area contributed by atoms with Crippen LogP contribution >= 0.6 is 0 Å². The summed E-state index contributed by atoms with van der Waals surface area (Å²) in [5, 5.41) is 0. The first-order valence-corrected chi connectivity index (χ1v) is 10.6. The highest BCUT2D eigenvalue weighted by atomic mass is 32.2. The van der Waals surface area contributed by atoms with Crippen LogP contribution in [0.15, 0.2) is 30.3 Å². The molecule has 6 nitrogen and oxygen atoms in total. The Bertz CT molecular complexity index is 692. The molecule has 138 valence electrons. The minimum atomic E-state index is -3.05. The van der Waals surface area contributed by atoms with Crippen LogP contribution in [0.5, 0.6) is 0 Å². The summed E-state index contributed by atoms with van der Waals surface area (Å²) in [4.78, 5) is 16.4. The summed E-state index contributed by atoms with van der Waals surface area (Å²) in [6, 6.07) is 9.68. The first-order chi connectivity index (χ1) is 12.0. The molecule has 2 aliphatic rings. The summed E-state index contributed by atoms with van der Waals surface area (Å²) >= 11 is 0. The normalized spacial score (nSPS) is 25.7. The van der Waals surface area contributed by atoms with Gasteiger partial charge in [-0.05, 0) is 19.0 Å². The van der Waals surface area contributed by atoms with Crippen molar-refractivity contribution in [3.05, 3.63) is 35.9 Å². The van der Waals surface area contributed by atoms with Crippen LogP contribution < -0.4 is 0 Å². The van der Waals surface area contributed by atoms with E-state index in [1.54, 1.807) is 4.90 Å². The van der Waals surface area contributed by atoms with E-state index in [1.807, 2.05) is 37.4 Å². The summed E-state index contributed by atoms with van der Waals surface area (Å²) in [7, 11) is -1.11. The topological polar surface area (TPSA) is 66.9 Å². The Morgan fingerprint density at radius 2 is 1.88 bits per heavy atom. The fourth-order valence-electron chi connectivity index (χ4n) is 3.67. The second-order valence-corrected chi connectivity index (χ2v) is 9.07. The molecule has 2 heterocycles. The Morgan fingerprint density at radius 3 is 2.64 bits per heavy atom. The van der Waals surface area contributed by atoms with Gasteiger partial charge in [0.2, 0.25) is 5.91 Å². The highest BCUT2D eigenvalue weighted by Crippen LogP contribution is 2.26. The Kier molecular flexibility index (Phi) is 5.76. The molecule has 1 amide bonds. The van der Waals surface area contributed by atoms with Gasteiger partial charge in [-0.2, -0.15) is 0 Å². The molecule has 25 heavy (non-hydrogen) atoms. The molecule has 0 spiro atoms. The number of sulfone groups is 1. The summed E-state index contributed by atoms with van der Waals surface area (Å²) in [6.45, 7) is 2.41. The number of rotatable bonds is 6. The third-order valence-corrected chi connectivity index (χ3v) is 6.76. The Hall–Kier alpha value is -1.44. The lowest BCUT2D eigenvalue weighted by Gasteiger charge is -2.42. The van der Waals surface area contributed by atoms with Gasteiger partial charge in [0.05, 0.1) is 24.2 Å². The maximum atomic E-state index is 12.5. The predicted octanol–water partition coefficient (Wildman–Crippen LogP) is 0.923. The lowest BCUT2D eigenvalue weighted by Crippen LogP contribution is -2.59. The summed E-state index contributed by atoms with van der Waals surface area (Å²) < 4.78 is 29.5. The maximum absolute atomic E-state index is 12.5. The van der Waals surface area contributed by atoms with Gasteiger partial charge in [-0.15, -0.1) is 0 Å². The van der Waals surface area contributed by atoms with Gasteiger partial charge >= 0.3 is 0 Å². The van der Waals surface area contributed by atoms with Gasteiger partial charge in [0.25, 0.3) is 0 Å². The quantitative estimate of drug-likeness (QED) is 0.701. The van der Waals surface area contributed by atoms with Crippen LogP contribution in [-0.2, 0) is 26.0 Å². The van der Waals surface area contributed by atoms with Crippen molar-refractivity contribution in [3.63, 3.8) is 0 Å². The zero-order valence-corrected chi connectivity index (χ0v) is 15.5. The fraction of sp³-hybridized carbons (Fsp3) is 0.611. The number of carbonyl (C=O) groups excluding carboxylic acids is 1. The Morgan fingerprint density at radius 1 is 1.16 bits per heavy atom. The Labute approximate surface area is 149 Å². The number of benzene rings is 1. The standard InChI is InChI=1S/C18H26N2O4S/c1-19-9-10-20(17-14-25(22,23)13-16(17)19)18(21)8-5-11-24-12-15-6-3-2-4-7-15/h2-4,6-7,16-17H,5,8-14H2,1H3/t16-,17+/m1/s1. The van der Waals surface area contributed by atoms with Crippen molar-refractivity contribution in [2.45, 2.75) is 31.5 Å². The Balaban J connectivity index is 1.45. The van der Waals surface area contributed by atoms with Gasteiger partial charge in [-0.3, -0.25) is 9.69 Å². The number of nitrogens with zero attached hydrogens (tertiary/aromatic N) is 2. The maximum Gasteiger partial charge on any atom is 0.223 e. The van der Waals surface area contributed by atoms with E-state index in [0.717, 1.165) is 12.1 Å². The van der Waals surface area contributed by atoms with E-state index in [-0.39, 0.29) is 29.5 Å². The minimum absolute atomic E-state index is 0.0449. The highest BCUT2D eigenvalue weighted by molar-refractivity contribution is 7.91. The molecule has 2 aliphatic heterocycles. The molecule has 0 aromatic heterocycles. The van der Waals surface area contributed by atoms with E-state index in [1.165, 1.54) is 0 Å². The van der Waals surface area contributed by atoms with Crippen molar-refractivity contribution in [1.29, 1.82) is 0 Å². The second-order valence-electron chi connectivity index (χ2n) is 6.92. The van der Waals surface area contributed by atoms with E-state index >= 15 is 0 Å². The van der Waals surface area contributed by atoms with Gasteiger partial charge in [0.1, 0.15) is 0 Å². The summed E-state index contributed by atoms with van der Waals surface area (Å²) in [5.74, 6) is 0.305. The molecule has 1 aromatic carbocycles. The SMILES string of the molecule is CN1CCN(C(=O)CCCOCc2ccccc2)[C@H]2CS(=O)(=O)C[C@H]21. The molecular weight excluding hydrogens is 340 g/mol. The van der Waals surface area contributed by atoms with E-state index in [2.05, 4.69) is 4.90 Å². The van der Waals surface area contributed by atoms with Crippen molar-refractivity contribution in [2.75, 3.05) is 38.2 Å². The first-order valence-electron chi connectivity index (χ1n) is 8.78. The minimum Gasteiger partial charge on any atom is -0.377 e. The molecule has 2 fully saturated rings. The number of fused-ring (bicyclic) bond motifs is 1. The number of ether oxygens (including phenoxy) is 1. The molecule has 0 saturated carbocycles. The van der Waals surface area contributed by atoms with Crippen LogP contribution in [0.1, 0.15) is 18.4 Å². The number of piperazine rings is 1. The third-order valence-electron chi connectivity index (χ3n) is 5.06. The molecule has 2 saturated heterocycles. The largest absolute Gasteiger partial charge is 0.377 e. The fourth-order valence-corrected chi connectivity index (χ4v) is 5.72. The monoisotopic (exact) mass is 366 g/mol. The van der Waals surface area contributed by atoms with Gasteiger partial charge in [0, 0.05) is 32.2 Å². The number of hydrogen-bond acceptors (Lipinski definition) is 5.